The molecular weight excluding hydrogens is 234 g/mol. The van der Waals surface area contributed by atoms with Gasteiger partial charge in [-0.25, -0.2) is 4.79 Å². The van der Waals surface area contributed by atoms with Crippen molar-refractivity contribution in [3.05, 3.63) is 0 Å². The summed E-state index contributed by atoms with van der Waals surface area (Å²) >= 11 is 0. The van der Waals surface area contributed by atoms with Crippen molar-refractivity contribution in [1.82, 2.24) is 15.1 Å². The molecule has 2 atom stereocenters. The quantitative estimate of drug-likeness (QED) is 0.766. The van der Waals surface area contributed by atoms with Crippen LogP contribution in [0.5, 0.6) is 0 Å². The number of aliphatic carboxylic acids is 1. The van der Waals surface area contributed by atoms with Crippen LogP contribution in [-0.4, -0.2) is 66.2 Å². The first kappa shape index (κ1) is 14.8. The Balaban J connectivity index is 2.34. The third-order valence-electron chi connectivity index (χ3n) is 3.22. The maximum Gasteiger partial charge on any atom is 0.317 e. The maximum absolute atomic E-state index is 12.0. The summed E-state index contributed by atoms with van der Waals surface area (Å²) in [6.45, 7) is 6.72. The molecule has 2 amide bonds. The molecule has 2 unspecified atom stereocenters. The van der Waals surface area contributed by atoms with Crippen LogP contribution >= 0.6 is 0 Å². The highest BCUT2D eigenvalue weighted by Crippen LogP contribution is 2.08. The van der Waals surface area contributed by atoms with Gasteiger partial charge in [0.05, 0.1) is 0 Å². The number of hydrogen-bond acceptors (Lipinski definition) is 3. The van der Waals surface area contributed by atoms with Gasteiger partial charge < -0.3 is 20.2 Å². The molecule has 1 rings (SSSR count). The maximum atomic E-state index is 12.0. The van der Waals surface area contributed by atoms with Gasteiger partial charge >= 0.3 is 12.0 Å². The molecule has 1 aliphatic heterocycles. The van der Waals surface area contributed by atoms with Crippen LogP contribution in [0.2, 0.25) is 0 Å². The van der Waals surface area contributed by atoms with Crippen molar-refractivity contribution in [3.8, 4) is 0 Å². The first-order chi connectivity index (χ1) is 8.40. The molecule has 0 bridgehead atoms. The van der Waals surface area contributed by atoms with Crippen molar-refractivity contribution in [2.75, 3.05) is 33.2 Å². The van der Waals surface area contributed by atoms with Crippen LogP contribution in [0.4, 0.5) is 4.79 Å². The summed E-state index contributed by atoms with van der Waals surface area (Å²) in [7, 11) is 2.04. The van der Waals surface area contributed by atoms with Crippen molar-refractivity contribution in [2.24, 2.45) is 5.92 Å². The second-order valence-corrected chi connectivity index (χ2v) is 5.19. The predicted molar refractivity (Wildman–Crippen MR) is 68.5 cm³/mol. The van der Waals surface area contributed by atoms with Gasteiger partial charge in [0.2, 0.25) is 0 Å². The molecule has 6 nitrogen and oxygen atoms in total. The number of carbonyl (C=O) groups is 2. The minimum absolute atomic E-state index is 0.0470. The van der Waals surface area contributed by atoms with Gasteiger partial charge in [-0.2, -0.15) is 0 Å². The minimum atomic E-state index is -0.829. The zero-order valence-electron chi connectivity index (χ0n) is 11.3. The van der Waals surface area contributed by atoms with E-state index in [4.69, 9.17) is 5.11 Å². The Bertz CT molecular complexity index is 309. The largest absolute Gasteiger partial charge is 0.481 e. The lowest BCUT2D eigenvalue weighted by molar-refractivity contribution is -0.137. The fraction of sp³-hybridized carbons (Fsp3) is 0.833. The predicted octanol–water partition coefficient (Wildman–Crippen LogP) is 0.443. The van der Waals surface area contributed by atoms with Crippen LogP contribution in [0.3, 0.4) is 0 Å². The topological polar surface area (TPSA) is 72.9 Å². The van der Waals surface area contributed by atoms with E-state index in [2.05, 4.69) is 10.2 Å². The highest BCUT2D eigenvalue weighted by atomic mass is 16.4. The standard InChI is InChI=1S/C12H23N3O3/c1-9(6-11(16)17)7-13-12(18)15-5-4-14(3)8-10(15)2/h9-10H,4-8H2,1-3H3,(H,13,18)(H,16,17). The van der Waals surface area contributed by atoms with Crippen LogP contribution in [0.15, 0.2) is 0 Å². The van der Waals surface area contributed by atoms with Gasteiger partial charge in [0.1, 0.15) is 0 Å². The number of nitrogens with one attached hydrogen (secondary N) is 1. The van der Waals surface area contributed by atoms with E-state index >= 15 is 0 Å². The molecular formula is C12H23N3O3. The monoisotopic (exact) mass is 257 g/mol. The molecule has 2 N–H and O–H groups in total. The number of nitrogens with zero attached hydrogens (tertiary/aromatic N) is 2. The summed E-state index contributed by atoms with van der Waals surface area (Å²) < 4.78 is 0. The number of carbonyl (C=O) groups excluding carboxylic acids is 1. The van der Waals surface area contributed by atoms with E-state index in [1.165, 1.54) is 0 Å². The molecule has 0 spiro atoms. The molecule has 1 fully saturated rings. The van der Waals surface area contributed by atoms with E-state index in [9.17, 15) is 9.59 Å². The molecule has 6 heteroatoms. The highest BCUT2D eigenvalue weighted by molar-refractivity contribution is 5.74. The zero-order valence-corrected chi connectivity index (χ0v) is 11.3. The lowest BCUT2D eigenvalue weighted by Crippen LogP contribution is -2.55. The van der Waals surface area contributed by atoms with Gasteiger partial charge in [-0.1, -0.05) is 6.92 Å². The summed E-state index contributed by atoms with van der Waals surface area (Å²) in [5.41, 5.74) is 0. The second-order valence-electron chi connectivity index (χ2n) is 5.19. The molecule has 1 saturated heterocycles. The molecule has 1 aliphatic rings. The fourth-order valence-electron chi connectivity index (χ4n) is 2.17. The fourth-order valence-corrected chi connectivity index (χ4v) is 2.17. The molecule has 0 aromatic rings. The van der Waals surface area contributed by atoms with Gasteiger partial charge in [0.25, 0.3) is 0 Å². The van der Waals surface area contributed by atoms with E-state index in [1.807, 2.05) is 25.8 Å². The molecule has 0 saturated carbocycles. The third-order valence-corrected chi connectivity index (χ3v) is 3.22. The third kappa shape index (κ3) is 4.52. The van der Waals surface area contributed by atoms with E-state index < -0.39 is 5.97 Å². The molecule has 0 aliphatic carbocycles. The number of likely N-dealkylation sites (N-methyl/N-ethyl adjacent to an activating group) is 1. The molecule has 0 aromatic carbocycles. The summed E-state index contributed by atoms with van der Waals surface area (Å²) in [6, 6.07) is 0.103. The van der Waals surface area contributed by atoms with E-state index in [0.717, 1.165) is 19.6 Å². The zero-order chi connectivity index (χ0) is 13.7. The Hall–Kier alpha value is -1.30. The number of piperazine rings is 1. The highest BCUT2D eigenvalue weighted by Gasteiger charge is 2.25. The lowest BCUT2D eigenvalue weighted by atomic mass is 10.1. The van der Waals surface area contributed by atoms with Crippen LogP contribution in [-0.2, 0) is 4.79 Å². The Kier molecular flexibility index (Phi) is 5.40. The Morgan fingerprint density at radius 1 is 1.44 bits per heavy atom. The Morgan fingerprint density at radius 3 is 2.67 bits per heavy atom. The first-order valence-corrected chi connectivity index (χ1v) is 6.35. The number of hydrogen-bond donors (Lipinski definition) is 2. The van der Waals surface area contributed by atoms with Crippen LogP contribution in [0, 0.1) is 5.92 Å². The van der Waals surface area contributed by atoms with E-state index in [-0.39, 0.29) is 24.4 Å². The average Bonchev–Trinajstić information content (AvgIpc) is 2.25. The summed E-state index contributed by atoms with van der Waals surface area (Å²) in [4.78, 5) is 26.5. The van der Waals surface area contributed by atoms with Crippen LogP contribution in [0.1, 0.15) is 20.3 Å². The Labute approximate surface area is 108 Å². The Morgan fingerprint density at radius 2 is 2.11 bits per heavy atom. The van der Waals surface area contributed by atoms with Gasteiger partial charge in [-0.15, -0.1) is 0 Å². The van der Waals surface area contributed by atoms with Gasteiger partial charge in [-0.05, 0) is 19.9 Å². The van der Waals surface area contributed by atoms with Crippen molar-refractivity contribution >= 4 is 12.0 Å². The average molecular weight is 257 g/mol. The minimum Gasteiger partial charge on any atom is -0.481 e. The van der Waals surface area contributed by atoms with Gasteiger partial charge in [0.15, 0.2) is 0 Å². The second kappa shape index (κ2) is 6.58. The first-order valence-electron chi connectivity index (χ1n) is 6.35. The number of rotatable bonds is 4. The number of amides is 2. The number of carboxylic acid groups (broad SMARTS) is 1. The van der Waals surface area contributed by atoms with Crippen molar-refractivity contribution in [2.45, 2.75) is 26.3 Å². The van der Waals surface area contributed by atoms with Crippen molar-refractivity contribution in [1.29, 1.82) is 0 Å². The van der Waals surface area contributed by atoms with Crippen LogP contribution < -0.4 is 5.32 Å². The molecule has 1 heterocycles. The van der Waals surface area contributed by atoms with Crippen LogP contribution in [0.25, 0.3) is 0 Å². The van der Waals surface area contributed by atoms with E-state index in [0.29, 0.717) is 6.54 Å². The molecule has 0 aromatic heterocycles. The van der Waals surface area contributed by atoms with E-state index in [1.54, 1.807) is 0 Å². The summed E-state index contributed by atoms with van der Waals surface area (Å²) in [5.74, 6) is -0.876. The summed E-state index contributed by atoms with van der Waals surface area (Å²) in [6.07, 6.45) is 0.0819. The summed E-state index contributed by atoms with van der Waals surface area (Å²) in [5, 5.41) is 11.4. The van der Waals surface area contributed by atoms with Crippen molar-refractivity contribution in [3.63, 3.8) is 0 Å². The van der Waals surface area contributed by atoms with Gasteiger partial charge in [0, 0.05) is 38.6 Å². The lowest BCUT2D eigenvalue weighted by Gasteiger charge is -2.38. The van der Waals surface area contributed by atoms with Crippen molar-refractivity contribution < 1.29 is 14.7 Å². The molecule has 18 heavy (non-hydrogen) atoms. The SMILES string of the molecule is CC(CNC(=O)N1CCN(C)CC1C)CC(=O)O. The van der Waals surface area contributed by atoms with Gasteiger partial charge in [-0.3, -0.25) is 4.79 Å². The normalized spacial score (nSPS) is 22.6. The molecule has 104 valence electrons. The smallest absolute Gasteiger partial charge is 0.317 e. The molecule has 0 radical (unpaired) electrons. The number of urea groups is 1. The number of carboxylic acids is 1.